The Bertz CT molecular complexity index is 1030. The van der Waals surface area contributed by atoms with Gasteiger partial charge in [-0.15, -0.1) is 0 Å². The Kier molecular flexibility index (Phi) is 4.19. The van der Waals surface area contributed by atoms with E-state index in [1.807, 2.05) is 0 Å². The van der Waals surface area contributed by atoms with E-state index in [1.165, 1.54) is 31.3 Å². The fourth-order valence-corrected chi connectivity index (χ4v) is 3.04. The van der Waals surface area contributed by atoms with Crippen molar-refractivity contribution in [3.63, 3.8) is 0 Å². The molecule has 2 heterocycles. The van der Waals surface area contributed by atoms with Gasteiger partial charge in [-0.05, 0) is 29.8 Å². The van der Waals surface area contributed by atoms with Crippen molar-refractivity contribution in [2.24, 2.45) is 0 Å². The first-order valence-electron chi connectivity index (χ1n) is 8.44. The van der Waals surface area contributed by atoms with Crippen LogP contribution >= 0.6 is 0 Å². The number of nitrogens with zero attached hydrogens (tertiary/aromatic N) is 2. The standard InChI is InChI=1S/C19H15N3O6/c1-21-18(23)16(11-2-5-13(6-3-11)22(25)26)17(19(21)24)20-12-4-7-14-15(10-12)28-9-8-27-14/h2-7,10,20H,8-9H2,1H3. The first kappa shape index (κ1) is 17.5. The van der Waals surface area contributed by atoms with E-state index in [0.717, 1.165) is 4.90 Å². The number of imide groups is 1. The number of amides is 2. The second-order valence-corrected chi connectivity index (χ2v) is 6.21. The third-order valence-electron chi connectivity index (χ3n) is 4.47. The van der Waals surface area contributed by atoms with Gasteiger partial charge in [0.05, 0.1) is 10.5 Å². The summed E-state index contributed by atoms with van der Waals surface area (Å²) in [6.45, 7) is 0.889. The van der Waals surface area contributed by atoms with Gasteiger partial charge in [-0.1, -0.05) is 0 Å². The van der Waals surface area contributed by atoms with Gasteiger partial charge in [0.2, 0.25) is 0 Å². The highest BCUT2D eigenvalue weighted by atomic mass is 16.6. The molecule has 0 aliphatic carbocycles. The van der Waals surface area contributed by atoms with Crippen LogP contribution < -0.4 is 14.8 Å². The van der Waals surface area contributed by atoms with Crippen LogP contribution in [-0.2, 0) is 9.59 Å². The number of benzene rings is 2. The fourth-order valence-electron chi connectivity index (χ4n) is 3.04. The highest BCUT2D eigenvalue weighted by molar-refractivity contribution is 6.36. The number of likely N-dealkylation sites (N-methyl/N-ethyl adjacent to an activating group) is 1. The van der Waals surface area contributed by atoms with Gasteiger partial charge in [0.1, 0.15) is 18.9 Å². The van der Waals surface area contributed by atoms with E-state index < -0.39 is 16.7 Å². The van der Waals surface area contributed by atoms with Gasteiger partial charge in [-0.2, -0.15) is 0 Å². The van der Waals surface area contributed by atoms with Crippen molar-refractivity contribution < 1.29 is 24.0 Å². The van der Waals surface area contributed by atoms with Gasteiger partial charge in [-0.3, -0.25) is 24.6 Å². The molecule has 2 amide bonds. The van der Waals surface area contributed by atoms with Crippen molar-refractivity contribution in [2.75, 3.05) is 25.6 Å². The molecular weight excluding hydrogens is 366 g/mol. The predicted molar refractivity (Wildman–Crippen MR) is 98.8 cm³/mol. The Morgan fingerprint density at radius 1 is 1.00 bits per heavy atom. The number of carbonyl (C=O) groups is 2. The molecular formula is C19H15N3O6. The number of nitro benzene ring substituents is 1. The smallest absolute Gasteiger partial charge is 0.277 e. The summed E-state index contributed by atoms with van der Waals surface area (Å²) in [5, 5.41) is 13.8. The van der Waals surface area contributed by atoms with Crippen molar-refractivity contribution in [2.45, 2.75) is 0 Å². The number of hydrogen-bond donors (Lipinski definition) is 1. The topological polar surface area (TPSA) is 111 Å². The minimum Gasteiger partial charge on any atom is -0.486 e. The van der Waals surface area contributed by atoms with E-state index in [-0.39, 0.29) is 17.0 Å². The third kappa shape index (κ3) is 2.92. The van der Waals surface area contributed by atoms with E-state index in [0.29, 0.717) is 36.0 Å². The van der Waals surface area contributed by atoms with Crippen LogP contribution in [0.3, 0.4) is 0 Å². The molecule has 0 aromatic heterocycles. The van der Waals surface area contributed by atoms with Gasteiger partial charge in [0.25, 0.3) is 17.5 Å². The van der Waals surface area contributed by atoms with Gasteiger partial charge < -0.3 is 14.8 Å². The Hall–Kier alpha value is -3.88. The summed E-state index contributed by atoms with van der Waals surface area (Å²) in [5.74, 6) is 0.165. The molecule has 0 fully saturated rings. The molecule has 0 bridgehead atoms. The maximum Gasteiger partial charge on any atom is 0.277 e. The molecule has 2 aromatic carbocycles. The Morgan fingerprint density at radius 2 is 1.68 bits per heavy atom. The Balaban J connectivity index is 1.73. The molecule has 2 aliphatic heterocycles. The number of nitrogens with one attached hydrogen (secondary N) is 1. The lowest BCUT2D eigenvalue weighted by atomic mass is 10.0. The summed E-state index contributed by atoms with van der Waals surface area (Å²) in [4.78, 5) is 36.5. The molecule has 1 N–H and O–H groups in total. The largest absolute Gasteiger partial charge is 0.486 e. The highest BCUT2D eigenvalue weighted by Crippen LogP contribution is 2.35. The molecule has 2 aromatic rings. The summed E-state index contributed by atoms with van der Waals surface area (Å²) in [6.07, 6.45) is 0. The van der Waals surface area contributed by atoms with Crippen LogP contribution in [0.2, 0.25) is 0 Å². The summed E-state index contributed by atoms with van der Waals surface area (Å²) < 4.78 is 11.0. The first-order valence-corrected chi connectivity index (χ1v) is 8.44. The number of carbonyl (C=O) groups excluding carboxylic acids is 2. The summed E-state index contributed by atoms with van der Waals surface area (Å²) in [6, 6.07) is 10.6. The maximum atomic E-state index is 12.6. The average Bonchev–Trinajstić information content (AvgIpc) is 2.92. The molecule has 0 atom stereocenters. The summed E-state index contributed by atoms with van der Waals surface area (Å²) >= 11 is 0. The molecule has 2 aliphatic rings. The van der Waals surface area contributed by atoms with E-state index >= 15 is 0 Å². The number of non-ortho nitro benzene ring substituents is 1. The lowest BCUT2D eigenvalue weighted by Gasteiger charge is -2.19. The molecule has 0 unspecified atom stereocenters. The fraction of sp³-hybridized carbons (Fsp3) is 0.158. The molecule has 0 saturated carbocycles. The van der Waals surface area contributed by atoms with Crippen LogP contribution in [0.4, 0.5) is 11.4 Å². The van der Waals surface area contributed by atoms with Gasteiger partial charge in [-0.25, -0.2) is 0 Å². The van der Waals surface area contributed by atoms with Gasteiger partial charge >= 0.3 is 0 Å². The average molecular weight is 381 g/mol. The zero-order chi connectivity index (χ0) is 19.8. The van der Waals surface area contributed by atoms with E-state index in [4.69, 9.17) is 9.47 Å². The van der Waals surface area contributed by atoms with Crippen molar-refractivity contribution in [1.82, 2.24) is 4.90 Å². The van der Waals surface area contributed by atoms with Crippen LogP contribution in [0, 0.1) is 10.1 Å². The monoisotopic (exact) mass is 381 g/mol. The number of hydrogen-bond acceptors (Lipinski definition) is 7. The highest BCUT2D eigenvalue weighted by Gasteiger charge is 2.37. The number of rotatable bonds is 4. The molecule has 0 saturated heterocycles. The minimum absolute atomic E-state index is 0.0954. The van der Waals surface area contributed by atoms with Crippen LogP contribution in [-0.4, -0.2) is 41.9 Å². The maximum absolute atomic E-state index is 12.6. The second-order valence-electron chi connectivity index (χ2n) is 6.21. The molecule has 0 radical (unpaired) electrons. The van der Waals surface area contributed by atoms with Crippen molar-refractivity contribution in [3.8, 4) is 11.5 Å². The van der Waals surface area contributed by atoms with Crippen LogP contribution in [0.15, 0.2) is 48.2 Å². The molecule has 9 heteroatoms. The van der Waals surface area contributed by atoms with E-state index in [9.17, 15) is 19.7 Å². The van der Waals surface area contributed by atoms with Crippen LogP contribution in [0.1, 0.15) is 5.56 Å². The number of nitro groups is 1. The quantitative estimate of drug-likeness (QED) is 0.491. The number of anilines is 1. The predicted octanol–water partition coefficient (Wildman–Crippen LogP) is 2.19. The Labute approximate surface area is 159 Å². The molecule has 9 nitrogen and oxygen atoms in total. The van der Waals surface area contributed by atoms with Gasteiger partial charge in [0.15, 0.2) is 11.5 Å². The SMILES string of the molecule is CN1C(=O)C(Nc2ccc3c(c2)OCCO3)=C(c2ccc([N+](=O)[O-])cc2)C1=O. The van der Waals surface area contributed by atoms with E-state index in [1.54, 1.807) is 18.2 Å². The summed E-state index contributed by atoms with van der Waals surface area (Å²) in [7, 11) is 1.38. The molecule has 0 spiro atoms. The van der Waals surface area contributed by atoms with Gasteiger partial charge in [0, 0.05) is 30.9 Å². The molecule has 28 heavy (non-hydrogen) atoms. The van der Waals surface area contributed by atoms with Crippen LogP contribution in [0.25, 0.3) is 5.57 Å². The lowest BCUT2D eigenvalue weighted by Crippen LogP contribution is -2.27. The van der Waals surface area contributed by atoms with Crippen molar-refractivity contribution >= 4 is 28.8 Å². The summed E-state index contributed by atoms with van der Waals surface area (Å²) in [5.41, 5.74) is 1.11. The Morgan fingerprint density at radius 3 is 2.36 bits per heavy atom. The van der Waals surface area contributed by atoms with E-state index in [2.05, 4.69) is 5.32 Å². The van der Waals surface area contributed by atoms with Crippen molar-refractivity contribution in [1.29, 1.82) is 0 Å². The first-order chi connectivity index (χ1) is 13.5. The number of ether oxygens (including phenoxy) is 2. The second kappa shape index (κ2) is 6.69. The normalized spacial score (nSPS) is 15.8. The van der Waals surface area contributed by atoms with Crippen LogP contribution in [0.5, 0.6) is 11.5 Å². The zero-order valence-corrected chi connectivity index (χ0v) is 14.8. The number of fused-ring (bicyclic) bond motifs is 1. The minimum atomic E-state index is -0.528. The zero-order valence-electron chi connectivity index (χ0n) is 14.8. The molecule has 142 valence electrons. The van der Waals surface area contributed by atoms with Crippen molar-refractivity contribution in [3.05, 3.63) is 63.8 Å². The molecule has 4 rings (SSSR count). The lowest BCUT2D eigenvalue weighted by molar-refractivity contribution is -0.384. The third-order valence-corrected chi connectivity index (χ3v) is 4.47.